The summed E-state index contributed by atoms with van der Waals surface area (Å²) in [6.45, 7) is 13.6. The molecule has 1 aliphatic rings. The number of anilines is 1. The first-order valence-corrected chi connectivity index (χ1v) is 10.2. The highest BCUT2D eigenvalue weighted by Crippen LogP contribution is 2.35. The minimum Gasteiger partial charge on any atom is -0.485 e. The molecule has 1 aliphatic heterocycles. The SMILES string of the molecule is [C-]#[N+]C(C#N)=C1C=C(C=Cc2ccc(N(CC)CC)cc2)OC(c2ccccc2)C1. The van der Waals surface area contributed by atoms with Crippen LogP contribution >= 0.6 is 0 Å². The van der Waals surface area contributed by atoms with E-state index in [0.29, 0.717) is 17.8 Å². The molecule has 2 aromatic carbocycles. The Labute approximate surface area is 178 Å². The number of nitrogens with zero attached hydrogens (tertiary/aromatic N) is 3. The lowest BCUT2D eigenvalue weighted by atomic mass is 9.97. The van der Waals surface area contributed by atoms with Crippen LogP contribution < -0.4 is 4.90 Å². The molecule has 150 valence electrons. The molecule has 1 unspecified atom stereocenters. The summed E-state index contributed by atoms with van der Waals surface area (Å²) in [5.74, 6) is 0.648. The summed E-state index contributed by atoms with van der Waals surface area (Å²) in [6, 6.07) is 20.3. The minimum atomic E-state index is -0.221. The maximum absolute atomic E-state index is 9.33. The number of hydrogen-bond acceptors (Lipinski definition) is 3. The molecule has 4 nitrogen and oxygen atoms in total. The van der Waals surface area contributed by atoms with Gasteiger partial charge in [0, 0.05) is 25.2 Å². The average molecular weight is 396 g/mol. The Morgan fingerprint density at radius 1 is 1.13 bits per heavy atom. The zero-order valence-electron chi connectivity index (χ0n) is 17.4. The number of ether oxygens (including phenoxy) is 1. The van der Waals surface area contributed by atoms with E-state index in [4.69, 9.17) is 11.3 Å². The van der Waals surface area contributed by atoms with Gasteiger partial charge in [-0.2, -0.15) is 0 Å². The van der Waals surface area contributed by atoms with Crippen molar-refractivity contribution in [2.45, 2.75) is 26.4 Å². The molecule has 0 aromatic heterocycles. The van der Waals surface area contributed by atoms with Crippen molar-refractivity contribution in [2.75, 3.05) is 18.0 Å². The van der Waals surface area contributed by atoms with Gasteiger partial charge in [0.05, 0.1) is 12.6 Å². The van der Waals surface area contributed by atoms with Gasteiger partial charge < -0.3 is 9.64 Å². The van der Waals surface area contributed by atoms with Crippen LogP contribution in [0.3, 0.4) is 0 Å². The molecule has 0 bridgehead atoms. The molecule has 1 atom stereocenters. The number of hydrogen-bond donors (Lipinski definition) is 0. The van der Waals surface area contributed by atoms with Crippen LogP contribution in [0, 0.1) is 17.9 Å². The van der Waals surface area contributed by atoms with Gasteiger partial charge in [0.25, 0.3) is 5.70 Å². The van der Waals surface area contributed by atoms with Crippen molar-refractivity contribution < 1.29 is 4.74 Å². The molecule has 0 aliphatic carbocycles. The Kier molecular flexibility index (Phi) is 7.09. The van der Waals surface area contributed by atoms with E-state index in [0.717, 1.165) is 24.2 Å². The first-order chi connectivity index (χ1) is 14.7. The van der Waals surface area contributed by atoms with Crippen LogP contribution in [0.25, 0.3) is 10.9 Å². The van der Waals surface area contributed by atoms with Gasteiger partial charge in [0.1, 0.15) is 11.9 Å². The second kappa shape index (κ2) is 10.1. The molecule has 0 radical (unpaired) electrons. The maximum Gasteiger partial charge on any atom is 0.265 e. The number of allylic oxidation sites excluding steroid dienone is 3. The van der Waals surface area contributed by atoms with E-state index in [1.807, 2.05) is 48.6 Å². The van der Waals surface area contributed by atoms with Gasteiger partial charge in [-0.3, -0.25) is 0 Å². The molecular formula is C26H25N3O. The summed E-state index contributed by atoms with van der Waals surface area (Å²) in [5.41, 5.74) is 4.13. The van der Waals surface area contributed by atoms with Gasteiger partial charge in [0.15, 0.2) is 0 Å². The Morgan fingerprint density at radius 3 is 2.43 bits per heavy atom. The normalized spacial score (nSPS) is 17.5. The van der Waals surface area contributed by atoms with Crippen LogP contribution in [-0.4, -0.2) is 13.1 Å². The van der Waals surface area contributed by atoms with Crippen LogP contribution in [0.2, 0.25) is 0 Å². The molecule has 2 aromatic rings. The van der Waals surface area contributed by atoms with Crippen LogP contribution in [0.5, 0.6) is 0 Å². The summed E-state index contributed by atoms with van der Waals surface area (Å²) in [5, 5.41) is 9.33. The Hall–Kier alpha value is -3.76. The standard InChI is InChI=1S/C26H25N3O/c1-4-29(5-2)23-14-11-20(12-15-23)13-16-24-17-22(25(19-27)28-3)18-26(30-24)21-9-7-6-8-10-21/h6-17,26H,4-5,18H2,1-2H3. The molecule has 1 heterocycles. The molecule has 0 spiro atoms. The van der Waals surface area contributed by atoms with Crippen molar-refractivity contribution >= 4 is 11.8 Å². The van der Waals surface area contributed by atoms with Crippen molar-refractivity contribution in [1.82, 2.24) is 0 Å². The third kappa shape index (κ3) is 4.99. The molecular weight excluding hydrogens is 370 g/mol. The van der Waals surface area contributed by atoms with Gasteiger partial charge in [0.2, 0.25) is 0 Å². The number of benzene rings is 2. The zero-order chi connectivity index (χ0) is 21.3. The van der Waals surface area contributed by atoms with Crippen molar-refractivity contribution in [3.8, 4) is 6.07 Å². The first kappa shape index (κ1) is 21.0. The summed E-state index contributed by atoms with van der Waals surface area (Å²) < 4.78 is 6.18. The van der Waals surface area contributed by atoms with Crippen molar-refractivity contribution in [1.29, 1.82) is 5.26 Å². The van der Waals surface area contributed by atoms with Gasteiger partial charge >= 0.3 is 0 Å². The highest BCUT2D eigenvalue weighted by Gasteiger charge is 2.22. The molecule has 0 amide bonds. The lowest BCUT2D eigenvalue weighted by Gasteiger charge is -2.25. The van der Waals surface area contributed by atoms with E-state index in [1.165, 1.54) is 5.69 Å². The summed E-state index contributed by atoms with van der Waals surface area (Å²) in [7, 11) is 0. The molecule has 0 saturated carbocycles. The third-order valence-electron chi connectivity index (χ3n) is 5.16. The highest BCUT2D eigenvalue weighted by molar-refractivity contribution is 5.58. The molecule has 3 rings (SSSR count). The maximum atomic E-state index is 9.33. The van der Waals surface area contributed by atoms with E-state index in [-0.39, 0.29) is 11.8 Å². The van der Waals surface area contributed by atoms with E-state index in [2.05, 4.69) is 47.9 Å². The topological polar surface area (TPSA) is 40.6 Å². The summed E-state index contributed by atoms with van der Waals surface area (Å²) in [4.78, 5) is 5.69. The second-order valence-electron chi connectivity index (χ2n) is 6.96. The Balaban J connectivity index is 1.86. The van der Waals surface area contributed by atoms with Crippen LogP contribution in [-0.2, 0) is 4.74 Å². The molecule has 0 N–H and O–H groups in total. The molecule has 0 saturated heterocycles. The lowest BCUT2D eigenvalue weighted by molar-refractivity contribution is 0.118. The molecule has 30 heavy (non-hydrogen) atoms. The quantitative estimate of drug-likeness (QED) is 0.426. The summed E-state index contributed by atoms with van der Waals surface area (Å²) >= 11 is 0. The minimum absolute atomic E-state index is 0.119. The van der Waals surface area contributed by atoms with Gasteiger partial charge in [-0.1, -0.05) is 48.5 Å². The lowest BCUT2D eigenvalue weighted by Crippen LogP contribution is -2.21. The Morgan fingerprint density at radius 2 is 1.83 bits per heavy atom. The molecule has 0 fully saturated rings. The number of nitriles is 1. The fourth-order valence-corrected chi connectivity index (χ4v) is 3.51. The van der Waals surface area contributed by atoms with E-state index < -0.39 is 0 Å². The van der Waals surface area contributed by atoms with Gasteiger partial charge in [-0.05, 0) is 54.8 Å². The summed E-state index contributed by atoms with van der Waals surface area (Å²) in [6.07, 6.45) is 5.98. The molecule has 4 heteroatoms. The highest BCUT2D eigenvalue weighted by atomic mass is 16.5. The van der Waals surface area contributed by atoms with Crippen LogP contribution in [0.1, 0.15) is 37.5 Å². The fourth-order valence-electron chi connectivity index (χ4n) is 3.51. The first-order valence-electron chi connectivity index (χ1n) is 10.2. The predicted octanol–water partition coefficient (Wildman–Crippen LogP) is 6.29. The van der Waals surface area contributed by atoms with Crippen LogP contribution in [0.4, 0.5) is 5.69 Å². The van der Waals surface area contributed by atoms with Crippen molar-refractivity contribution in [2.24, 2.45) is 0 Å². The fraction of sp³-hybridized carbons (Fsp3) is 0.231. The van der Waals surface area contributed by atoms with Crippen molar-refractivity contribution in [3.63, 3.8) is 0 Å². The average Bonchev–Trinajstić information content (AvgIpc) is 2.80. The van der Waals surface area contributed by atoms with Gasteiger partial charge in [-0.25, -0.2) is 10.1 Å². The predicted molar refractivity (Wildman–Crippen MR) is 121 cm³/mol. The smallest absolute Gasteiger partial charge is 0.265 e. The Bertz CT molecular complexity index is 1010. The van der Waals surface area contributed by atoms with Crippen molar-refractivity contribution in [3.05, 3.63) is 106 Å². The number of rotatable bonds is 6. The second-order valence-corrected chi connectivity index (χ2v) is 6.96. The van der Waals surface area contributed by atoms with E-state index >= 15 is 0 Å². The largest absolute Gasteiger partial charge is 0.485 e. The van der Waals surface area contributed by atoms with E-state index in [9.17, 15) is 5.26 Å². The third-order valence-corrected chi connectivity index (χ3v) is 5.16. The zero-order valence-corrected chi connectivity index (χ0v) is 17.4. The van der Waals surface area contributed by atoms with Gasteiger partial charge in [-0.15, -0.1) is 0 Å². The van der Waals surface area contributed by atoms with E-state index in [1.54, 1.807) is 6.08 Å². The van der Waals surface area contributed by atoms with Crippen LogP contribution in [0.15, 0.2) is 83.8 Å². The monoisotopic (exact) mass is 395 g/mol.